The predicted molar refractivity (Wildman–Crippen MR) is 157 cm³/mol. The summed E-state index contributed by atoms with van der Waals surface area (Å²) in [6.45, 7) is 2.19. The lowest BCUT2D eigenvalue weighted by molar-refractivity contribution is -0.115. The molecule has 1 aliphatic rings. The van der Waals surface area contributed by atoms with Gasteiger partial charge in [-0.1, -0.05) is 6.92 Å². The van der Waals surface area contributed by atoms with Crippen molar-refractivity contribution in [1.82, 2.24) is 4.98 Å². The van der Waals surface area contributed by atoms with Crippen LogP contribution in [0.25, 0.3) is 11.1 Å². The molecule has 0 aliphatic heterocycles. The van der Waals surface area contributed by atoms with Gasteiger partial charge in [-0.05, 0) is 48.4 Å². The summed E-state index contributed by atoms with van der Waals surface area (Å²) in [5.41, 5.74) is 8.69. The van der Waals surface area contributed by atoms with E-state index in [-0.39, 0.29) is 40.6 Å². The molecule has 0 spiro atoms. The number of rotatable bonds is 9. The smallest absolute Gasteiger partial charge is 0.225 e. The van der Waals surface area contributed by atoms with Crippen molar-refractivity contribution in [3.63, 3.8) is 0 Å². The van der Waals surface area contributed by atoms with Gasteiger partial charge in [-0.3, -0.25) is 4.79 Å². The summed E-state index contributed by atoms with van der Waals surface area (Å²) in [6.07, 6.45) is 2.90. The van der Waals surface area contributed by atoms with Crippen LogP contribution in [0, 0.1) is 39.9 Å². The number of hydrogen-bond acceptors (Lipinski definition) is 11. The Morgan fingerprint density at radius 3 is 2.34 bits per heavy atom. The quantitative estimate of drug-likeness (QED) is 0.314. The molecule has 210 valence electrons. The van der Waals surface area contributed by atoms with E-state index in [9.17, 15) is 20.6 Å². The number of benzene rings is 1. The highest BCUT2D eigenvalue weighted by atomic mass is 32.2. The summed E-state index contributed by atoms with van der Waals surface area (Å²) in [5.74, 6) is 1.61. The first-order valence-electron chi connectivity index (χ1n) is 12.7. The van der Waals surface area contributed by atoms with Crippen LogP contribution in [0.2, 0.25) is 0 Å². The van der Waals surface area contributed by atoms with Crippen LogP contribution < -0.4 is 25.3 Å². The summed E-state index contributed by atoms with van der Waals surface area (Å²) in [7, 11) is 4.41. The summed E-state index contributed by atoms with van der Waals surface area (Å²) in [6, 6.07) is 9.74. The molecule has 2 heterocycles. The summed E-state index contributed by atoms with van der Waals surface area (Å²) in [4.78, 5) is 18.3. The van der Waals surface area contributed by atoms with Crippen LogP contribution in [0.15, 0.2) is 17.2 Å². The Balaban J connectivity index is 1.59. The van der Waals surface area contributed by atoms with Gasteiger partial charge in [0, 0.05) is 22.6 Å². The van der Waals surface area contributed by atoms with Crippen LogP contribution in [-0.2, 0) is 17.6 Å². The first-order chi connectivity index (χ1) is 19.8. The monoisotopic (exact) mass is 588 g/mol. The summed E-state index contributed by atoms with van der Waals surface area (Å²) >= 11 is 2.66. The Morgan fingerprint density at radius 2 is 1.76 bits per heavy atom. The zero-order chi connectivity index (χ0) is 29.7. The third kappa shape index (κ3) is 5.88. The largest absolute Gasteiger partial charge is 0.493 e. The molecule has 1 aromatic carbocycles. The number of nitrogens with one attached hydrogen (secondary N) is 1. The third-order valence-corrected chi connectivity index (χ3v) is 8.96. The maximum absolute atomic E-state index is 12.8. The minimum absolute atomic E-state index is 0.0397. The molecule has 0 bridgehead atoms. The molecule has 1 unspecified atom stereocenters. The van der Waals surface area contributed by atoms with E-state index in [0.29, 0.717) is 44.3 Å². The van der Waals surface area contributed by atoms with Crippen LogP contribution in [0.3, 0.4) is 0 Å². The molecular weight excluding hydrogens is 560 g/mol. The molecular formula is C29H28N6O4S2. The Morgan fingerprint density at radius 1 is 1.10 bits per heavy atom. The number of aromatic nitrogens is 1. The van der Waals surface area contributed by atoms with Crippen molar-refractivity contribution in [2.75, 3.05) is 38.1 Å². The van der Waals surface area contributed by atoms with Gasteiger partial charge in [-0.15, -0.1) is 23.1 Å². The number of nitrogen functional groups attached to an aromatic ring is 1. The number of nitriles is 3. The number of thiophene rings is 1. The number of ether oxygens (including phenoxy) is 3. The maximum Gasteiger partial charge on any atom is 0.225 e. The zero-order valence-corrected chi connectivity index (χ0v) is 24.7. The van der Waals surface area contributed by atoms with Crippen molar-refractivity contribution in [2.24, 2.45) is 5.92 Å². The second-order valence-electron chi connectivity index (χ2n) is 9.38. The number of carbonyl (C=O) groups excluding carboxylic acids is 1. The van der Waals surface area contributed by atoms with E-state index in [1.165, 1.54) is 49.3 Å². The molecule has 12 heteroatoms. The lowest BCUT2D eigenvalue weighted by Gasteiger charge is -2.17. The zero-order valence-electron chi connectivity index (χ0n) is 23.1. The Hall–Kier alpha value is -4.44. The van der Waals surface area contributed by atoms with Gasteiger partial charge in [0.25, 0.3) is 0 Å². The van der Waals surface area contributed by atoms with Crippen molar-refractivity contribution >= 4 is 39.8 Å². The van der Waals surface area contributed by atoms with Crippen molar-refractivity contribution in [3.05, 3.63) is 39.3 Å². The average molecular weight is 589 g/mol. The molecule has 41 heavy (non-hydrogen) atoms. The summed E-state index contributed by atoms with van der Waals surface area (Å²) in [5, 5.41) is 33.5. The fraction of sp³-hybridized carbons (Fsp3) is 0.345. The van der Waals surface area contributed by atoms with Crippen LogP contribution >= 0.6 is 23.1 Å². The number of amides is 1. The molecule has 3 N–H and O–H groups in total. The molecule has 0 radical (unpaired) electrons. The molecule has 0 saturated heterocycles. The second-order valence-corrected chi connectivity index (χ2v) is 11.6. The first kappa shape index (κ1) is 29.5. The van der Waals surface area contributed by atoms with E-state index >= 15 is 0 Å². The maximum atomic E-state index is 12.8. The van der Waals surface area contributed by atoms with Crippen molar-refractivity contribution < 1.29 is 19.0 Å². The van der Waals surface area contributed by atoms with Gasteiger partial charge in [0.05, 0.1) is 32.5 Å². The molecule has 4 rings (SSSR count). The van der Waals surface area contributed by atoms with Gasteiger partial charge >= 0.3 is 0 Å². The fourth-order valence-corrected chi connectivity index (χ4v) is 7.12. The van der Waals surface area contributed by atoms with Gasteiger partial charge < -0.3 is 25.3 Å². The summed E-state index contributed by atoms with van der Waals surface area (Å²) < 4.78 is 16.3. The van der Waals surface area contributed by atoms with Gasteiger partial charge in [-0.2, -0.15) is 15.8 Å². The molecule has 2 aromatic heterocycles. The molecule has 0 saturated carbocycles. The number of fused-ring (bicyclic) bond motifs is 1. The van der Waals surface area contributed by atoms with Crippen LogP contribution in [0.1, 0.15) is 46.9 Å². The van der Waals surface area contributed by atoms with Crippen LogP contribution in [0.5, 0.6) is 17.2 Å². The van der Waals surface area contributed by atoms with E-state index in [0.717, 1.165) is 24.8 Å². The van der Waals surface area contributed by atoms with Crippen molar-refractivity contribution in [1.29, 1.82) is 15.8 Å². The first-order valence-corrected chi connectivity index (χ1v) is 14.5. The predicted octanol–water partition coefficient (Wildman–Crippen LogP) is 5.28. The minimum Gasteiger partial charge on any atom is -0.493 e. The number of nitrogens with two attached hydrogens (primary N) is 1. The van der Waals surface area contributed by atoms with Crippen molar-refractivity contribution in [2.45, 2.75) is 37.6 Å². The van der Waals surface area contributed by atoms with Crippen LogP contribution in [-0.4, -0.2) is 38.0 Å². The van der Waals surface area contributed by atoms with Crippen molar-refractivity contribution in [3.8, 4) is 46.6 Å². The fourth-order valence-electron chi connectivity index (χ4n) is 4.80. The van der Waals surface area contributed by atoms with E-state index in [4.69, 9.17) is 19.9 Å². The molecule has 0 fully saturated rings. The number of nitrogens with zero attached hydrogens (tertiary/aromatic N) is 4. The molecule has 3 aromatic rings. The van der Waals surface area contributed by atoms with E-state index < -0.39 is 0 Å². The highest BCUT2D eigenvalue weighted by Gasteiger charge is 2.26. The molecule has 1 aliphatic carbocycles. The highest BCUT2D eigenvalue weighted by Crippen LogP contribution is 2.44. The van der Waals surface area contributed by atoms with E-state index in [2.05, 4.69) is 35.4 Å². The number of pyridine rings is 1. The second kappa shape index (κ2) is 12.8. The SMILES string of the molecule is COc1cc(-c2c(C#N)c(N)nc(SCCC(=O)Nc3sc4c(c3C#N)CCC(C)C4)c2C#N)cc(OC)c1OC. The lowest BCUT2D eigenvalue weighted by atomic mass is 9.89. The normalized spacial score (nSPS) is 13.7. The standard InChI is InChI=1S/C29H28N6O4S2/c1-15-5-6-17-18(12-30)29(41-23(17)9-15)34-24(36)7-8-40-28-20(14-32)25(19(13-31)27(33)35-28)16-10-21(37-2)26(39-4)22(11-16)38-3/h10-11,15H,5-9H2,1-4H3,(H2,33,35)(H,34,36). The highest BCUT2D eigenvalue weighted by molar-refractivity contribution is 7.99. The minimum atomic E-state index is -0.245. The number of anilines is 2. The topological polar surface area (TPSA) is 167 Å². The number of thioether (sulfide) groups is 1. The van der Waals surface area contributed by atoms with Crippen LogP contribution in [0.4, 0.5) is 10.8 Å². The average Bonchev–Trinajstić information content (AvgIpc) is 3.31. The van der Waals surface area contributed by atoms with E-state index in [1.54, 1.807) is 12.1 Å². The Kier molecular flexibility index (Phi) is 9.24. The molecule has 10 nitrogen and oxygen atoms in total. The number of hydrogen-bond donors (Lipinski definition) is 2. The van der Waals surface area contributed by atoms with E-state index in [1.807, 2.05) is 0 Å². The molecule has 1 amide bonds. The van der Waals surface area contributed by atoms with Gasteiger partial charge in [0.1, 0.15) is 39.6 Å². The number of methoxy groups -OCH3 is 3. The Bertz CT molecular complexity index is 1610. The van der Waals surface area contributed by atoms with Gasteiger partial charge in [0.15, 0.2) is 11.5 Å². The third-order valence-electron chi connectivity index (χ3n) is 6.81. The number of carbonyl (C=O) groups is 1. The molecule has 1 atom stereocenters. The Labute approximate surface area is 246 Å². The van der Waals surface area contributed by atoms with Gasteiger partial charge in [0.2, 0.25) is 11.7 Å². The lowest BCUT2D eigenvalue weighted by Crippen LogP contribution is -2.12. The van der Waals surface area contributed by atoms with Gasteiger partial charge in [-0.25, -0.2) is 4.98 Å².